The van der Waals surface area contributed by atoms with E-state index in [-0.39, 0.29) is 17.1 Å². The number of hydrogen-bond acceptors (Lipinski definition) is 6. The summed E-state index contributed by atoms with van der Waals surface area (Å²) in [5.41, 5.74) is 3.32. The summed E-state index contributed by atoms with van der Waals surface area (Å²) in [4.78, 5) is 33.8. The van der Waals surface area contributed by atoms with Gasteiger partial charge in [0.05, 0.1) is 34.3 Å². The zero-order valence-corrected chi connectivity index (χ0v) is 20.3. The molecule has 3 heterocycles. The second-order valence-electron chi connectivity index (χ2n) is 8.90. The highest BCUT2D eigenvalue weighted by atomic mass is 32.1. The molecule has 1 amide bonds. The van der Waals surface area contributed by atoms with Gasteiger partial charge in [0, 0.05) is 0 Å². The van der Waals surface area contributed by atoms with E-state index < -0.39 is 6.04 Å². The Labute approximate surface area is 205 Å². The smallest absolute Gasteiger partial charge is 0.297 e. The molecule has 3 aromatic carbocycles. The molecule has 0 N–H and O–H groups in total. The highest BCUT2D eigenvalue weighted by molar-refractivity contribution is 7.22. The van der Waals surface area contributed by atoms with Gasteiger partial charge in [-0.05, 0) is 53.4 Å². The number of thiazole rings is 1. The Morgan fingerprint density at radius 1 is 1.03 bits per heavy atom. The highest BCUT2D eigenvalue weighted by Gasteiger charge is 2.45. The van der Waals surface area contributed by atoms with Crippen LogP contribution in [0.25, 0.3) is 21.2 Å². The Balaban J connectivity index is 1.59. The number of nitrogens with zero attached hydrogens (tertiary/aromatic N) is 2. The van der Waals surface area contributed by atoms with Crippen LogP contribution in [0.3, 0.4) is 0 Å². The topological polar surface area (TPSA) is 72.6 Å². The van der Waals surface area contributed by atoms with Gasteiger partial charge in [-0.25, -0.2) is 4.98 Å². The molecular formula is C28H22N2O4S. The van der Waals surface area contributed by atoms with E-state index in [1.807, 2.05) is 30.3 Å². The fourth-order valence-electron chi connectivity index (χ4n) is 4.61. The van der Waals surface area contributed by atoms with Gasteiger partial charge in [-0.15, -0.1) is 0 Å². The zero-order chi connectivity index (χ0) is 24.3. The Bertz CT molecular complexity index is 1670. The molecule has 0 fully saturated rings. The van der Waals surface area contributed by atoms with E-state index in [4.69, 9.17) is 14.1 Å². The van der Waals surface area contributed by atoms with Crippen LogP contribution in [0.4, 0.5) is 5.13 Å². The number of para-hydroxylation sites is 1. The van der Waals surface area contributed by atoms with Gasteiger partial charge in [0.1, 0.15) is 11.3 Å². The molecule has 0 saturated heterocycles. The number of carbonyl (C=O) groups is 1. The molecule has 0 spiro atoms. The number of anilines is 1. The first kappa shape index (κ1) is 21.6. The minimum absolute atomic E-state index is 0.0663. The SMILES string of the molecule is COc1ccc([C@H]2c3c(oc4ccccc4c3=O)C(=O)N2c2nc3ccc(C(C)C)cc3s2)cc1. The number of hydrogen-bond donors (Lipinski definition) is 0. The number of aromatic nitrogens is 1. The number of benzene rings is 3. The van der Waals surface area contributed by atoms with Gasteiger partial charge in [0.25, 0.3) is 5.91 Å². The predicted octanol–water partition coefficient (Wildman–Crippen LogP) is 6.28. The molecule has 7 heteroatoms. The molecule has 0 unspecified atom stereocenters. The zero-order valence-electron chi connectivity index (χ0n) is 19.4. The van der Waals surface area contributed by atoms with Crippen LogP contribution in [0.2, 0.25) is 0 Å². The van der Waals surface area contributed by atoms with Gasteiger partial charge >= 0.3 is 0 Å². The van der Waals surface area contributed by atoms with Crippen molar-refractivity contribution in [1.82, 2.24) is 4.98 Å². The van der Waals surface area contributed by atoms with Crippen LogP contribution >= 0.6 is 11.3 Å². The van der Waals surface area contributed by atoms with Crippen LogP contribution in [0.5, 0.6) is 5.75 Å². The minimum atomic E-state index is -0.658. The van der Waals surface area contributed by atoms with Crippen molar-refractivity contribution in [2.75, 3.05) is 12.0 Å². The van der Waals surface area contributed by atoms with Crippen molar-refractivity contribution in [1.29, 1.82) is 0 Å². The van der Waals surface area contributed by atoms with Gasteiger partial charge < -0.3 is 9.15 Å². The number of amides is 1. The lowest BCUT2D eigenvalue weighted by molar-refractivity contribution is 0.0971. The molecule has 174 valence electrons. The average molecular weight is 483 g/mol. The summed E-state index contributed by atoms with van der Waals surface area (Å²) >= 11 is 1.44. The second kappa shape index (κ2) is 8.06. The molecule has 0 bridgehead atoms. The number of ether oxygens (including phenoxy) is 1. The molecule has 2 aromatic heterocycles. The van der Waals surface area contributed by atoms with Crippen LogP contribution in [0.1, 0.15) is 53.1 Å². The summed E-state index contributed by atoms with van der Waals surface area (Å²) in [6.45, 7) is 4.29. The van der Waals surface area contributed by atoms with Crippen molar-refractivity contribution in [3.63, 3.8) is 0 Å². The van der Waals surface area contributed by atoms with Gasteiger partial charge in [0.2, 0.25) is 5.76 Å². The molecule has 35 heavy (non-hydrogen) atoms. The third-order valence-corrected chi connectivity index (χ3v) is 7.50. The first-order valence-corrected chi connectivity index (χ1v) is 12.2. The molecule has 0 radical (unpaired) electrons. The maximum atomic E-state index is 13.8. The van der Waals surface area contributed by atoms with E-state index in [0.29, 0.717) is 33.3 Å². The Morgan fingerprint density at radius 2 is 1.80 bits per heavy atom. The Kier molecular flexibility index (Phi) is 4.96. The lowest BCUT2D eigenvalue weighted by Gasteiger charge is -2.22. The van der Waals surface area contributed by atoms with Crippen molar-refractivity contribution in [2.45, 2.75) is 25.8 Å². The van der Waals surface area contributed by atoms with Gasteiger partial charge in [-0.3, -0.25) is 14.5 Å². The van der Waals surface area contributed by atoms with Crippen molar-refractivity contribution >= 4 is 43.6 Å². The van der Waals surface area contributed by atoms with Gasteiger partial charge in [0.15, 0.2) is 10.6 Å². The monoisotopic (exact) mass is 482 g/mol. The molecule has 6 rings (SSSR count). The highest BCUT2D eigenvalue weighted by Crippen LogP contribution is 2.44. The van der Waals surface area contributed by atoms with E-state index in [0.717, 1.165) is 15.8 Å². The van der Waals surface area contributed by atoms with Crippen LogP contribution in [0.15, 0.2) is 75.9 Å². The van der Waals surface area contributed by atoms with E-state index in [9.17, 15) is 9.59 Å². The van der Waals surface area contributed by atoms with Crippen molar-refractivity contribution in [3.8, 4) is 5.75 Å². The number of fused-ring (bicyclic) bond motifs is 3. The molecule has 0 saturated carbocycles. The number of rotatable bonds is 4. The lowest BCUT2D eigenvalue weighted by Crippen LogP contribution is -2.29. The van der Waals surface area contributed by atoms with E-state index >= 15 is 0 Å². The summed E-state index contributed by atoms with van der Waals surface area (Å²) in [6.07, 6.45) is 0. The van der Waals surface area contributed by atoms with Gasteiger partial charge in [-0.1, -0.05) is 55.5 Å². The van der Waals surface area contributed by atoms with Crippen LogP contribution < -0.4 is 15.1 Å². The molecular weight excluding hydrogens is 460 g/mol. The molecule has 6 nitrogen and oxygen atoms in total. The quantitative estimate of drug-likeness (QED) is 0.301. The first-order valence-electron chi connectivity index (χ1n) is 11.4. The van der Waals surface area contributed by atoms with Crippen molar-refractivity contribution in [2.24, 2.45) is 0 Å². The third kappa shape index (κ3) is 3.34. The van der Waals surface area contributed by atoms with Crippen molar-refractivity contribution in [3.05, 3.63) is 99.4 Å². The van der Waals surface area contributed by atoms with Crippen molar-refractivity contribution < 1.29 is 13.9 Å². The fourth-order valence-corrected chi connectivity index (χ4v) is 5.65. The number of carbonyl (C=O) groups excluding carboxylic acids is 1. The standard InChI is InChI=1S/C28H22N2O4S/c1-15(2)17-10-13-20-22(14-17)35-28(29-20)30-24(16-8-11-18(33-3)12-9-16)23-25(31)19-6-4-5-7-21(19)34-26(23)27(30)32/h4-15,24H,1-3H3/t24-/m0/s1. The summed E-state index contributed by atoms with van der Waals surface area (Å²) in [6, 6.07) is 19.9. The molecule has 1 atom stereocenters. The first-order chi connectivity index (χ1) is 17.0. The largest absolute Gasteiger partial charge is 0.497 e. The fraction of sp³-hybridized carbons (Fsp3) is 0.179. The van der Waals surface area contributed by atoms with Crippen LogP contribution in [-0.2, 0) is 0 Å². The number of methoxy groups -OCH3 is 1. The molecule has 0 aliphatic carbocycles. The molecule has 5 aromatic rings. The van der Waals surface area contributed by atoms with Crippen LogP contribution in [0, 0.1) is 0 Å². The van der Waals surface area contributed by atoms with Crippen LogP contribution in [-0.4, -0.2) is 18.0 Å². The van der Waals surface area contributed by atoms with E-state index in [2.05, 4.69) is 26.0 Å². The van der Waals surface area contributed by atoms with Gasteiger partial charge in [-0.2, -0.15) is 0 Å². The molecule has 1 aliphatic rings. The summed E-state index contributed by atoms with van der Waals surface area (Å²) in [5.74, 6) is 0.768. The molecule has 1 aliphatic heterocycles. The summed E-state index contributed by atoms with van der Waals surface area (Å²) in [7, 11) is 1.60. The Hall–Kier alpha value is -3.97. The van der Waals surface area contributed by atoms with E-state index in [1.165, 1.54) is 16.9 Å². The lowest BCUT2D eigenvalue weighted by atomic mass is 9.98. The average Bonchev–Trinajstić information content (AvgIpc) is 3.42. The maximum Gasteiger partial charge on any atom is 0.297 e. The maximum absolute atomic E-state index is 13.8. The van der Waals surface area contributed by atoms with E-state index in [1.54, 1.807) is 36.3 Å². The summed E-state index contributed by atoms with van der Waals surface area (Å²) < 4.78 is 12.3. The second-order valence-corrected chi connectivity index (χ2v) is 9.91. The third-order valence-electron chi connectivity index (χ3n) is 6.48. The Morgan fingerprint density at radius 3 is 2.54 bits per heavy atom. The summed E-state index contributed by atoms with van der Waals surface area (Å²) in [5, 5.41) is 0.979. The predicted molar refractivity (Wildman–Crippen MR) is 138 cm³/mol. The normalized spacial score (nSPS) is 15.4. The minimum Gasteiger partial charge on any atom is -0.497 e.